The Morgan fingerprint density at radius 2 is 1.64 bits per heavy atom. The number of anilines is 2. The quantitative estimate of drug-likeness (QED) is 0.116. The molecule has 1 aliphatic heterocycles. The van der Waals surface area contributed by atoms with Crippen LogP contribution in [0.25, 0.3) is 6.08 Å². The summed E-state index contributed by atoms with van der Waals surface area (Å²) in [4.78, 5) is 65.6. The minimum absolute atomic E-state index is 0.0172. The number of hydrogen-bond acceptors (Lipinski definition) is 6. The van der Waals surface area contributed by atoms with Crippen LogP contribution in [0.3, 0.4) is 0 Å². The lowest BCUT2D eigenvalue weighted by Crippen LogP contribution is -2.31. The molecule has 45 heavy (non-hydrogen) atoms. The number of thioether (sulfide) groups is 1. The molecule has 4 amide bonds. The molecule has 0 aromatic heterocycles. The van der Waals surface area contributed by atoms with E-state index in [1.165, 1.54) is 43.0 Å². The second-order valence-corrected chi connectivity index (χ2v) is 12.2. The number of benzene rings is 4. The lowest BCUT2D eigenvalue weighted by Gasteiger charge is -2.15. The Bertz CT molecular complexity index is 1840. The second kappa shape index (κ2) is 13.8. The Labute approximate surface area is 270 Å². The summed E-state index contributed by atoms with van der Waals surface area (Å²) < 4.78 is 15.1. The van der Waals surface area contributed by atoms with Gasteiger partial charge in [-0.25, -0.2) is 9.29 Å². The van der Waals surface area contributed by atoms with Crippen molar-refractivity contribution in [1.82, 2.24) is 5.32 Å². The van der Waals surface area contributed by atoms with Crippen LogP contribution in [0.15, 0.2) is 112 Å². The van der Waals surface area contributed by atoms with Gasteiger partial charge in [-0.3, -0.25) is 24.0 Å². The van der Waals surface area contributed by atoms with Gasteiger partial charge in [0.05, 0.1) is 16.5 Å². The van der Waals surface area contributed by atoms with Crippen LogP contribution < -0.4 is 15.5 Å². The molecule has 0 spiro atoms. The van der Waals surface area contributed by atoms with E-state index < -0.39 is 22.9 Å². The zero-order chi connectivity index (χ0) is 32.1. The molecule has 1 atom stereocenters. The van der Waals surface area contributed by atoms with Crippen LogP contribution in [0.1, 0.15) is 39.6 Å². The summed E-state index contributed by atoms with van der Waals surface area (Å²) in [6, 6.07) is 25.5. The highest BCUT2D eigenvalue weighted by molar-refractivity contribution is 9.10. The van der Waals surface area contributed by atoms with E-state index in [1.807, 2.05) is 0 Å². The van der Waals surface area contributed by atoms with Crippen LogP contribution in [0.4, 0.5) is 15.8 Å². The van der Waals surface area contributed by atoms with Gasteiger partial charge in [-0.1, -0.05) is 46.3 Å². The largest absolute Gasteiger partial charge is 0.321 e. The van der Waals surface area contributed by atoms with Gasteiger partial charge in [0.25, 0.3) is 11.8 Å². The zero-order valence-corrected chi connectivity index (χ0v) is 26.2. The van der Waals surface area contributed by atoms with Crippen molar-refractivity contribution < 1.29 is 28.4 Å². The lowest BCUT2D eigenvalue weighted by atomic mass is 10.1. The smallest absolute Gasteiger partial charge is 0.272 e. The number of imide groups is 1. The van der Waals surface area contributed by atoms with Gasteiger partial charge in [0.2, 0.25) is 11.8 Å². The Balaban J connectivity index is 1.32. The fourth-order valence-electron chi connectivity index (χ4n) is 4.54. The summed E-state index contributed by atoms with van der Waals surface area (Å²) in [5, 5.41) is 4.58. The highest BCUT2D eigenvalue weighted by atomic mass is 79.9. The maximum Gasteiger partial charge on any atom is 0.272 e. The number of ketones is 1. The fourth-order valence-corrected chi connectivity index (χ4v) is 5.92. The second-order valence-electron chi connectivity index (χ2n) is 10.0. The Morgan fingerprint density at radius 3 is 2.33 bits per heavy atom. The molecule has 0 saturated carbocycles. The van der Waals surface area contributed by atoms with Gasteiger partial charge in [-0.05, 0) is 85.3 Å². The molecule has 226 valence electrons. The van der Waals surface area contributed by atoms with E-state index in [4.69, 9.17) is 0 Å². The molecule has 8 nitrogen and oxygen atoms in total. The number of carbonyl (C=O) groups is 5. The standard InChI is InChI=1S/C34H25BrFN3O5S/c1-20(40)22-11-15-25(16-12-22)39-31(41)19-30(34(39)44)45-26-6-4-5-24(18-26)37-33(43)29(17-21-9-13-23(35)14-10-21)38-32(42)27-7-2-3-8-28(27)36/h2-18,30H,19H2,1H3,(H,37,43)(H,38,42)/b29-17-/t30-/m1/s1. The molecule has 0 aliphatic carbocycles. The van der Waals surface area contributed by atoms with E-state index in [0.717, 1.165) is 15.4 Å². The molecule has 1 aliphatic rings. The average Bonchev–Trinajstić information content (AvgIpc) is 3.29. The highest BCUT2D eigenvalue weighted by Crippen LogP contribution is 2.35. The van der Waals surface area contributed by atoms with Gasteiger partial charge in [0.15, 0.2) is 5.78 Å². The van der Waals surface area contributed by atoms with Crippen molar-refractivity contribution in [2.45, 2.75) is 23.5 Å². The zero-order valence-electron chi connectivity index (χ0n) is 23.8. The normalized spacial score (nSPS) is 14.8. The Kier molecular flexibility index (Phi) is 9.70. The third-order valence-corrected chi connectivity index (χ3v) is 8.51. The summed E-state index contributed by atoms with van der Waals surface area (Å²) >= 11 is 4.55. The summed E-state index contributed by atoms with van der Waals surface area (Å²) in [6.45, 7) is 1.44. The van der Waals surface area contributed by atoms with Gasteiger partial charge in [0.1, 0.15) is 11.5 Å². The molecule has 0 bridgehead atoms. The Hall–Kier alpha value is -4.87. The third kappa shape index (κ3) is 7.62. The van der Waals surface area contributed by atoms with Crippen LogP contribution >= 0.6 is 27.7 Å². The minimum atomic E-state index is -0.791. The molecule has 1 heterocycles. The number of amides is 4. The monoisotopic (exact) mass is 685 g/mol. The highest BCUT2D eigenvalue weighted by Gasteiger charge is 2.40. The molecular formula is C34H25BrFN3O5S. The van der Waals surface area contributed by atoms with Crippen molar-refractivity contribution >= 4 is 74.6 Å². The van der Waals surface area contributed by atoms with Gasteiger partial charge in [0, 0.05) is 27.0 Å². The summed E-state index contributed by atoms with van der Waals surface area (Å²) in [6.07, 6.45) is 1.45. The number of carbonyl (C=O) groups excluding carboxylic acids is 5. The van der Waals surface area contributed by atoms with Gasteiger partial charge in [-0.2, -0.15) is 0 Å². The van der Waals surface area contributed by atoms with Crippen LogP contribution in [0.2, 0.25) is 0 Å². The number of Topliss-reactive ketones (excluding diaryl/α,β-unsaturated/α-hetero) is 1. The van der Waals surface area contributed by atoms with Crippen LogP contribution in [0, 0.1) is 5.82 Å². The maximum atomic E-state index is 14.3. The summed E-state index contributed by atoms with van der Waals surface area (Å²) in [5.74, 6) is -3.03. The molecular weight excluding hydrogens is 661 g/mol. The third-order valence-electron chi connectivity index (χ3n) is 6.80. The minimum Gasteiger partial charge on any atom is -0.321 e. The first kappa shape index (κ1) is 31.6. The molecule has 1 fully saturated rings. The first-order valence-electron chi connectivity index (χ1n) is 13.7. The van der Waals surface area contributed by atoms with Gasteiger partial charge in [-0.15, -0.1) is 11.8 Å². The van der Waals surface area contributed by atoms with Crippen LogP contribution in [-0.2, 0) is 14.4 Å². The lowest BCUT2D eigenvalue weighted by molar-refractivity contribution is -0.121. The topological polar surface area (TPSA) is 113 Å². The molecule has 11 heteroatoms. The predicted molar refractivity (Wildman–Crippen MR) is 174 cm³/mol. The number of halogens is 2. The van der Waals surface area contributed by atoms with E-state index in [-0.39, 0.29) is 35.3 Å². The summed E-state index contributed by atoms with van der Waals surface area (Å²) in [5.41, 5.74) is 1.52. The molecule has 4 aromatic carbocycles. The van der Waals surface area contributed by atoms with E-state index in [2.05, 4.69) is 26.6 Å². The summed E-state index contributed by atoms with van der Waals surface area (Å²) in [7, 11) is 0. The van der Waals surface area contributed by atoms with E-state index in [1.54, 1.807) is 72.8 Å². The van der Waals surface area contributed by atoms with Crippen molar-refractivity contribution in [3.8, 4) is 0 Å². The predicted octanol–water partition coefficient (Wildman–Crippen LogP) is 6.62. The number of nitrogens with one attached hydrogen (secondary N) is 2. The van der Waals surface area contributed by atoms with Crippen molar-refractivity contribution in [3.63, 3.8) is 0 Å². The maximum absolute atomic E-state index is 14.3. The van der Waals surface area contributed by atoms with Crippen molar-refractivity contribution in [2.24, 2.45) is 0 Å². The number of nitrogens with zero attached hydrogens (tertiary/aromatic N) is 1. The van der Waals surface area contributed by atoms with Crippen molar-refractivity contribution in [3.05, 3.63) is 130 Å². The van der Waals surface area contributed by atoms with E-state index in [9.17, 15) is 28.4 Å². The first-order chi connectivity index (χ1) is 21.6. The number of rotatable bonds is 9. The van der Waals surface area contributed by atoms with Crippen LogP contribution in [-0.4, -0.2) is 34.7 Å². The van der Waals surface area contributed by atoms with E-state index >= 15 is 0 Å². The fraction of sp³-hybridized carbons (Fsp3) is 0.0882. The average molecular weight is 687 g/mol. The SMILES string of the molecule is CC(=O)c1ccc(N2C(=O)C[C@@H](Sc3cccc(NC(=O)/C(=C/c4ccc(Br)cc4)NC(=O)c4ccccc4F)c3)C2=O)cc1. The van der Waals surface area contributed by atoms with Crippen molar-refractivity contribution in [1.29, 1.82) is 0 Å². The van der Waals surface area contributed by atoms with Crippen LogP contribution in [0.5, 0.6) is 0 Å². The molecule has 2 N–H and O–H groups in total. The van der Waals surface area contributed by atoms with Crippen molar-refractivity contribution in [2.75, 3.05) is 10.2 Å². The molecule has 5 rings (SSSR count). The molecule has 0 unspecified atom stereocenters. The van der Waals surface area contributed by atoms with E-state index in [0.29, 0.717) is 27.4 Å². The molecule has 1 saturated heterocycles. The molecule has 4 aromatic rings. The number of hydrogen-bond donors (Lipinski definition) is 2. The molecule has 0 radical (unpaired) electrons. The van der Waals surface area contributed by atoms with Gasteiger partial charge < -0.3 is 10.6 Å². The Morgan fingerprint density at radius 1 is 0.933 bits per heavy atom. The van der Waals surface area contributed by atoms with Gasteiger partial charge >= 0.3 is 0 Å². The first-order valence-corrected chi connectivity index (χ1v) is 15.4.